The van der Waals surface area contributed by atoms with Gasteiger partial charge in [0.25, 0.3) is 5.56 Å². The first-order chi connectivity index (χ1) is 16.5. The van der Waals surface area contributed by atoms with Crippen molar-refractivity contribution in [1.29, 1.82) is 0 Å². The molecule has 9 nitrogen and oxygen atoms in total. The monoisotopic (exact) mass is 460 g/mol. The van der Waals surface area contributed by atoms with Crippen molar-refractivity contribution in [2.45, 2.75) is 19.9 Å². The maximum atomic E-state index is 13.4. The van der Waals surface area contributed by atoms with Crippen molar-refractivity contribution < 1.29 is 13.9 Å². The first kappa shape index (κ1) is 21.5. The number of hydrogen-bond acceptors (Lipinski definition) is 7. The van der Waals surface area contributed by atoms with E-state index in [1.807, 2.05) is 25.1 Å². The van der Waals surface area contributed by atoms with Gasteiger partial charge in [0.05, 0.1) is 25.5 Å². The summed E-state index contributed by atoms with van der Waals surface area (Å²) in [4.78, 5) is 17.6. The molecule has 5 rings (SSSR count). The van der Waals surface area contributed by atoms with E-state index in [1.165, 1.54) is 27.5 Å². The molecule has 10 heteroatoms. The molecule has 172 valence electrons. The van der Waals surface area contributed by atoms with Gasteiger partial charge in [-0.3, -0.25) is 9.36 Å². The molecule has 0 saturated heterocycles. The molecule has 3 aromatic heterocycles. The van der Waals surface area contributed by atoms with E-state index in [0.29, 0.717) is 47.0 Å². The van der Waals surface area contributed by atoms with Gasteiger partial charge in [0, 0.05) is 6.54 Å². The van der Waals surface area contributed by atoms with Gasteiger partial charge in [0.1, 0.15) is 12.1 Å². The summed E-state index contributed by atoms with van der Waals surface area (Å²) in [5.41, 5.74) is 3.71. The fourth-order valence-corrected chi connectivity index (χ4v) is 3.96. The standard InChI is InChI=1S/C24H21FN6O3/c1-14-20(16-5-7-17(25)8-6-16)22-28-27-21-23(31(22)29-14)26-13-30(24(21)32)11-10-15-4-9-18(33-2)19(12-15)34-3/h4-9,12-13H,10-11H2,1-3H3. The molecule has 0 saturated carbocycles. The molecule has 34 heavy (non-hydrogen) atoms. The Morgan fingerprint density at radius 3 is 2.47 bits per heavy atom. The van der Waals surface area contributed by atoms with Gasteiger partial charge < -0.3 is 9.47 Å². The number of halogens is 1. The third-order valence-corrected chi connectivity index (χ3v) is 5.70. The molecule has 0 aliphatic heterocycles. The average molecular weight is 460 g/mol. The summed E-state index contributed by atoms with van der Waals surface area (Å²) in [5.74, 6) is 0.942. The highest BCUT2D eigenvalue weighted by atomic mass is 19.1. The molecule has 3 heterocycles. The maximum absolute atomic E-state index is 13.4. The van der Waals surface area contributed by atoms with Crippen LogP contribution in [0.4, 0.5) is 4.39 Å². The second kappa shape index (κ2) is 8.54. The van der Waals surface area contributed by atoms with Crippen molar-refractivity contribution in [2.24, 2.45) is 0 Å². The van der Waals surface area contributed by atoms with Crippen molar-refractivity contribution in [2.75, 3.05) is 14.2 Å². The lowest BCUT2D eigenvalue weighted by molar-refractivity contribution is 0.354. The van der Waals surface area contributed by atoms with Crippen LogP contribution in [-0.4, -0.2) is 43.6 Å². The van der Waals surface area contributed by atoms with Crippen LogP contribution in [0.15, 0.2) is 53.6 Å². The number of fused-ring (bicyclic) bond motifs is 3. The van der Waals surface area contributed by atoms with Crippen molar-refractivity contribution >= 4 is 16.8 Å². The molecule has 5 aromatic rings. The van der Waals surface area contributed by atoms with E-state index in [9.17, 15) is 9.18 Å². The maximum Gasteiger partial charge on any atom is 0.283 e. The van der Waals surface area contributed by atoms with Gasteiger partial charge in [-0.1, -0.05) is 18.2 Å². The summed E-state index contributed by atoms with van der Waals surface area (Å²) >= 11 is 0. The molecule has 0 fully saturated rings. The van der Waals surface area contributed by atoms with E-state index in [-0.39, 0.29) is 16.9 Å². The van der Waals surface area contributed by atoms with Crippen LogP contribution in [0.5, 0.6) is 11.5 Å². The lowest BCUT2D eigenvalue weighted by Gasteiger charge is -2.10. The van der Waals surface area contributed by atoms with Crippen molar-refractivity contribution in [1.82, 2.24) is 29.4 Å². The van der Waals surface area contributed by atoms with Crippen LogP contribution in [0.3, 0.4) is 0 Å². The Labute approximate surface area is 193 Å². The first-order valence-corrected chi connectivity index (χ1v) is 10.6. The summed E-state index contributed by atoms with van der Waals surface area (Å²) in [7, 11) is 3.16. The van der Waals surface area contributed by atoms with E-state index >= 15 is 0 Å². The van der Waals surface area contributed by atoms with E-state index in [1.54, 1.807) is 26.4 Å². The smallest absolute Gasteiger partial charge is 0.283 e. The Balaban J connectivity index is 1.51. The minimum atomic E-state index is -0.329. The molecule has 0 atom stereocenters. The zero-order valence-electron chi connectivity index (χ0n) is 18.8. The fourth-order valence-electron chi connectivity index (χ4n) is 3.96. The summed E-state index contributed by atoms with van der Waals surface area (Å²) in [6.45, 7) is 2.22. The van der Waals surface area contributed by atoms with Gasteiger partial charge in [-0.05, 0) is 48.7 Å². The summed E-state index contributed by atoms with van der Waals surface area (Å²) in [6, 6.07) is 11.7. The molecule has 0 N–H and O–H groups in total. The normalized spacial score (nSPS) is 11.3. The number of methoxy groups -OCH3 is 2. The number of nitrogens with zero attached hydrogens (tertiary/aromatic N) is 6. The van der Waals surface area contributed by atoms with Crippen LogP contribution in [0.1, 0.15) is 11.3 Å². The Kier molecular flexibility index (Phi) is 5.40. The predicted molar refractivity (Wildman–Crippen MR) is 124 cm³/mol. The van der Waals surface area contributed by atoms with E-state index in [0.717, 1.165) is 11.1 Å². The molecule has 0 radical (unpaired) electrons. The van der Waals surface area contributed by atoms with Gasteiger partial charge in [-0.15, -0.1) is 10.2 Å². The molecule has 0 spiro atoms. The average Bonchev–Trinajstić information content (AvgIpc) is 3.20. The van der Waals surface area contributed by atoms with Gasteiger partial charge in [-0.25, -0.2) is 9.37 Å². The molecule has 0 amide bonds. The minimum Gasteiger partial charge on any atom is -0.493 e. The van der Waals surface area contributed by atoms with Crippen molar-refractivity contribution in [3.8, 4) is 22.6 Å². The number of benzene rings is 2. The van der Waals surface area contributed by atoms with Gasteiger partial charge in [0.2, 0.25) is 0 Å². The minimum absolute atomic E-state index is 0.121. The molecular formula is C24H21FN6O3. The van der Waals surface area contributed by atoms with Crippen LogP contribution >= 0.6 is 0 Å². The van der Waals surface area contributed by atoms with E-state index in [4.69, 9.17) is 9.47 Å². The lowest BCUT2D eigenvalue weighted by Crippen LogP contribution is -2.24. The van der Waals surface area contributed by atoms with Gasteiger partial charge >= 0.3 is 0 Å². The second-order valence-electron chi connectivity index (χ2n) is 7.76. The number of aryl methyl sites for hydroxylation is 3. The third kappa shape index (κ3) is 3.62. The molecule has 0 aliphatic rings. The lowest BCUT2D eigenvalue weighted by atomic mass is 10.1. The van der Waals surface area contributed by atoms with Crippen LogP contribution in [-0.2, 0) is 13.0 Å². The molecular weight excluding hydrogens is 439 g/mol. The second-order valence-corrected chi connectivity index (χ2v) is 7.76. The Morgan fingerprint density at radius 1 is 0.971 bits per heavy atom. The largest absolute Gasteiger partial charge is 0.493 e. The molecule has 0 bridgehead atoms. The van der Waals surface area contributed by atoms with Crippen LogP contribution in [0.25, 0.3) is 27.9 Å². The highest BCUT2D eigenvalue weighted by Gasteiger charge is 2.18. The quantitative estimate of drug-likeness (QED) is 0.384. The molecule has 0 unspecified atom stereocenters. The predicted octanol–water partition coefficient (Wildman–Crippen LogP) is 3.21. The zero-order valence-corrected chi connectivity index (χ0v) is 18.8. The first-order valence-electron chi connectivity index (χ1n) is 10.6. The Bertz CT molecular complexity index is 1580. The van der Waals surface area contributed by atoms with Crippen LogP contribution in [0, 0.1) is 12.7 Å². The van der Waals surface area contributed by atoms with E-state index < -0.39 is 0 Å². The van der Waals surface area contributed by atoms with Gasteiger partial charge in [-0.2, -0.15) is 9.61 Å². The summed E-state index contributed by atoms with van der Waals surface area (Å²) in [5, 5.41) is 13.0. The molecule has 0 aliphatic carbocycles. The summed E-state index contributed by atoms with van der Waals surface area (Å²) < 4.78 is 27.0. The van der Waals surface area contributed by atoms with Crippen LogP contribution in [0.2, 0.25) is 0 Å². The highest BCUT2D eigenvalue weighted by Crippen LogP contribution is 2.29. The summed E-state index contributed by atoms with van der Waals surface area (Å²) in [6.07, 6.45) is 2.07. The van der Waals surface area contributed by atoms with E-state index in [2.05, 4.69) is 20.3 Å². The Hall–Kier alpha value is -4.34. The topological polar surface area (TPSA) is 96.4 Å². The number of hydrogen-bond donors (Lipinski definition) is 0. The fraction of sp³-hybridized carbons (Fsp3) is 0.208. The SMILES string of the molecule is COc1ccc(CCn2cnc3c(nnc4c(-c5ccc(F)cc5)c(C)nn43)c2=O)cc1OC. The van der Waals surface area contributed by atoms with Gasteiger partial charge in [0.15, 0.2) is 28.3 Å². The van der Waals surface area contributed by atoms with Crippen molar-refractivity contribution in [3.63, 3.8) is 0 Å². The third-order valence-electron chi connectivity index (χ3n) is 5.70. The number of rotatable bonds is 6. The Morgan fingerprint density at radius 2 is 1.74 bits per heavy atom. The van der Waals surface area contributed by atoms with Crippen molar-refractivity contribution in [3.05, 3.63) is 76.2 Å². The highest BCUT2D eigenvalue weighted by molar-refractivity contribution is 5.83. The zero-order chi connectivity index (χ0) is 23.8. The number of aromatic nitrogens is 6. The number of ether oxygens (including phenoxy) is 2. The van der Waals surface area contributed by atoms with Crippen LogP contribution < -0.4 is 15.0 Å². The molecule has 2 aromatic carbocycles.